The fraction of sp³-hybridized carbons (Fsp3) is 0.0588. The maximum absolute atomic E-state index is 13.7. The van der Waals surface area contributed by atoms with E-state index in [4.69, 9.17) is 4.42 Å². The Bertz CT molecular complexity index is 836. The molecule has 3 rings (SSSR count). The van der Waals surface area contributed by atoms with Crippen molar-refractivity contribution in [3.63, 3.8) is 0 Å². The van der Waals surface area contributed by atoms with Crippen molar-refractivity contribution in [1.82, 2.24) is 4.98 Å². The summed E-state index contributed by atoms with van der Waals surface area (Å²) in [6, 6.07) is 12.5. The van der Waals surface area contributed by atoms with E-state index < -0.39 is 11.6 Å². The third-order valence-electron chi connectivity index (χ3n) is 3.24. The Kier molecular flexibility index (Phi) is 4.02. The Labute approximate surface area is 131 Å². The van der Waals surface area contributed by atoms with Crippen molar-refractivity contribution in [2.24, 2.45) is 0 Å². The van der Waals surface area contributed by atoms with Crippen LogP contribution in [0.3, 0.4) is 0 Å². The molecule has 0 saturated carbocycles. The van der Waals surface area contributed by atoms with Crippen molar-refractivity contribution in [1.29, 1.82) is 5.26 Å². The number of para-hydroxylation sites is 1. The molecule has 0 amide bonds. The van der Waals surface area contributed by atoms with Gasteiger partial charge in [-0.15, -0.1) is 0 Å². The van der Waals surface area contributed by atoms with Gasteiger partial charge in [0.15, 0.2) is 6.19 Å². The minimum Gasteiger partial charge on any atom is -0.444 e. The molecule has 1 aromatic heterocycles. The summed E-state index contributed by atoms with van der Waals surface area (Å²) in [6.07, 6.45) is 3.33. The summed E-state index contributed by atoms with van der Waals surface area (Å²) in [7, 11) is 0. The molecule has 0 N–H and O–H groups in total. The van der Waals surface area contributed by atoms with Gasteiger partial charge in [-0.2, -0.15) is 5.26 Å². The minimum atomic E-state index is -0.751. The Hall–Kier alpha value is -3.20. The van der Waals surface area contributed by atoms with Crippen LogP contribution < -0.4 is 4.90 Å². The number of nitrogens with zero attached hydrogens (tertiary/aromatic N) is 3. The van der Waals surface area contributed by atoms with Crippen molar-refractivity contribution in [2.75, 3.05) is 4.90 Å². The number of nitriles is 1. The highest BCUT2D eigenvalue weighted by Gasteiger charge is 2.17. The molecule has 4 nitrogen and oxygen atoms in total. The monoisotopic (exact) mass is 311 g/mol. The zero-order valence-electron chi connectivity index (χ0n) is 11.9. The van der Waals surface area contributed by atoms with Gasteiger partial charge in [-0.25, -0.2) is 13.8 Å². The first-order valence-electron chi connectivity index (χ1n) is 6.80. The summed E-state index contributed by atoms with van der Waals surface area (Å²) in [5, 5.41) is 9.25. The van der Waals surface area contributed by atoms with Crippen LogP contribution in [0.25, 0.3) is 11.5 Å². The number of oxazole rings is 1. The Morgan fingerprint density at radius 3 is 2.39 bits per heavy atom. The molecule has 0 aliphatic carbocycles. The molecule has 0 unspecified atom stereocenters. The van der Waals surface area contributed by atoms with E-state index in [1.807, 2.05) is 24.4 Å². The van der Waals surface area contributed by atoms with E-state index in [-0.39, 0.29) is 18.0 Å². The van der Waals surface area contributed by atoms with Gasteiger partial charge in [-0.1, -0.05) is 24.3 Å². The molecule has 0 atom stereocenters. The number of hydrogen-bond donors (Lipinski definition) is 0. The number of anilines is 1. The van der Waals surface area contributed by atoms with Crippen LogP contribution in [-0.2, 0) is 6.54 Å². The molecule has 0 saturated heterocycles. The van der Waals surface area contributed by atoms with Crippen LogP contribution >= 0.6 is 0 Å². The lowest BCUT2D eigenvalue weighted by Crippen LogP contribution is -2.15. The molecule has 0 aliphatic heterocycles. The average molecular weight is 311 g/mol. The second-order valence-electron chi connectivity index (χ2n) is 4.76. The minimum absolute atomic E-state index is 0.139. The van der Waals surface area contributed by atoms with E-state index in [0.717, 1.165) is 12.1 Å². The van der Waals surface area contributed by atoms with Crippen molar-refractivity contribution in [3.05, 3.63) is 72.1 Å². The van der Waals surface area contributed by atoms with Gasteiger partial charge in [-0.05, 0) is 24.3 Å². The Balaban J connectivity index is 1.87. The summed E-state index contributed by atoms with van der Waals surface area (Å²) in [5.74, 6) is -1.65. The van der Waals surface area contributed by atoms with Gasteiger partial charge >= 0.3 is 0 Å². The molecule has 114 valence electrons. The highest BCUT2D eigenvalue weighted by Crippen LogP contribution is 2.26. The first-order valence-corrected chi connectivity index (χ1v) is 6.80. The Morgan fingerprint density at radius 2 is 1.74 bits per heavy atom. The lowest BCUT2D eigenvalue weighted by molar-refractivity contribution is 0.541. The van der Waals surface area contributed by atoms with Crippen LogP contribution in [0.5, 0.6) is 0 Å². The summed E-state index contributed by atoms with van der Waals surface area (Å²) in [5.41, 5.74) is 0.770. The van der Waals surface area contributed by atoms with Gasteiger partial charge in [0, 0.05) is 0 Å². The molecule has 6 heteroatoms. The van der Waals surface area contributed by atoms with Crippen LogP contribution in [0, 0.1) is 23.1 Å². The van der Waals surface area contributed by atoms with Crippen molar-refractivity contribution in [2.45, 2.75) is 6.54 Å². The number of rotatable bonds is 4. The zero-order chi connectivity index (χ0) is 16.2. The second-order valence-corrected chi connectivity index (χ2v) is 4.76. The van der Waals surface area contributed by atoms with E-state index in [1.165, 1.54) is 17.2 Å². The van der Waals surface area contributed by atoms with Crippen LogP contribution in [0.15, 0.2) is 59.2 Å². The van der Waals surface area contributed by atoms with Crippen molar-refractivity contribution >= 4 is 5.69 Å². The summed E-state index contributed by atoms with van der Waals surface area (Å²) in [6.45, 7) is 0.139. The largest absolute Gasteiger partial charge is 0.444 e. The molecule has 0 radical (unpaired) electrons. The standard InChI is InChI=1S/C17H11F2N3O/c18-14-7-4-8-15(19)16(14)17-21-12(10-23-17)9-22(11-20)13-5-2-1-3-6-13/h1-8,10H,9H2. The van der Waals surface area contributed by atoms with Gasteiger partial charge < -0.3 is 4.42 Å². The van der Waals surface area contributed by atoms with Crippen LogP contribution in [-0.4, -0.2) is 4.98 Å². The summed E-state index contributed by atoms with van der Waals surface area (Å²) >= 11 is 0. The highest BCUT2D eigenvalue weighted by molar-refractivity contribution is 5.55. The van der Waals surface area contributed by atoms with Crippen LogP contribution in [0.1, 0.15) is 5.69 Å². The molecular formula is C17H11F2N3O. The molecule has 0 spiro atoms. The van der Waals surface area contributed by atoms with Crippen LogP contribution in [0.4, 0.5) is 14.5 Å². The van der Waals surface area contributed by atoms with Gasteiger partial charge in [0.25, 0.3) is 0 Å². The molecular weight excluding hydrogens is 300 g/mol. The third-order valence-corrected chi connectivity index (χ3v) is 3.24. The third kappa shape index (κ3) is 3.04. The molecule has 0 aliphatic rings. The van der Waals surface area contributed by atoms with Gasteiger partial charge in [0.2, 0.25) is 5.89 Å². The first kappa shape index (κ1) is 14.7. The molecule has 3 aromatic rings. The van der Waals surface area contributed by atoms with Crippen molar-refractivity contribution in [3.8, 4) is 17.6 Å². The quantitative estimate of drug-likeness (QED) is 0.537. The Morgan fingerprint density at radius 1 is 1.04 bits per heavy atom. The fourth-order valence-corrected chi connectivity index (χ4v) is 2.15. The number of aromatic nitrogens is 1. The predicted molar refractivity (Wildman–Crippen MR) is 80.1 cm³/mol. The topological polar surface area (TPSA) is 53.1 Å². The molecule has 2 aromatic carbocycles. The zero-order valence-corrected chi connectivity index (χ0v) is 11.9. The number of benzene rings is 2. The average Bonchev–Trinajstić information content (AvgIpc) is 3.01. The molecule has 1 heterocycles. The SMILES string of the molecule is N#CN(Cc1coc(-c2c(F)cccc2F)n1)c1ccccc1. The first-order chi connectivity index (χ1) is 11.2. The van der Waals surface area contributed by atoms with Crippen LogP contribution in [0.2, 0.25) is 0 Å². The van der Waals surface area contributed by atoms with Crippen molar-refractivity contribution < 1.29 is 13.2 Å². The molecule has 23 heavy (non-hydrogen) atoms. The van der Waals surface area contributed by atoms with Gasteiger partial charge in [0.05, 0.1) is 12.2 Å². The van der Waals surface area contributed by atoms with E-state index in [0.29, 0.717) is 11.4 Å². The fourth-order valence-electron chi connectivity index (χ4n) is 2.15. The number of hydrogen-bond acceptors (Lipinski definition) is 4. The predicted octanol–water partition coefficient (Wildman–Crippen LogP) is 4.11. The second kappa shape index (κ2) is 6.28. The maximum atomic E-state index is 13.7. The highest BCUT2D eigenvalue weighted by atomic mass is 19.1. The maximum Gasteiger partial charge on any atom is 0.232 e. The lowest BCUT2D eigenvalue weighted by atomic mass is 10.2. The lowest BCUT2D eigenvalue weighted by Gasteiger charge is -2.13. The summed E-state index contributed by atoms with van der Waals surface area (Å²) < 4.78 is 32.6. The van der Waals surface area contributed by atoms with Gasteiger partial charge in [0.1, 0.15) is 29.2 Å². The molecule has 0 fully saturated rings. The number of halogens is 2. The van der Waals surface area contributed by atoms with E-state index in [2.05, 4.69) is 4.98 Å². The summed E-state index contributed by atoms with van der Waals surface area (Å²) in [4.78, 5) is 5.48. The molecule has 0 bridgehead atoms. The van der Waals surface area contributed by atoms with E-state index in [1.54, 1.807) is 12.1 Å². The smallest absolute Gasteiger partial charge is 0.232 e. The van der Waals surface area contributed by atoms with E-state index >= 15 is 0 Å². The van der Waals surface area contributed by atoms with E-state index in [9.17, 15) is 14.0 Å². The van der Waals surface area contributed by atoms with Gasteiger partial charge in [-0.3, -0.25) is 4.90 Å². The normalized spacial score (nSPS) is 10.3.